The number of rotatable bonds is 5. The van der Waals surface area contributed by atoms with Gasteiger partial charge in [0.2, 0.25) is 5.91 Å². The molecular weight excluding hydrogens is 422 g/mol. The van der Waals surface area contributed by atoms with Crippen molar-refractivity contribution in [3.05, 3.63) is 0 Å². The summed E-state index contributed by atoms with van der Waals surface area (Å²) in [4.78, 5) is 15.4. The van der Waals surface area contributed by atoms with Gasteiger partial charge in [0.05, 0.1) is 29.1 Å². The van der Waals surface area contributed by atoms with E-state index in [1.807, 2.05) is 0 Å². The Labute approximate surface area is 189 Å². The van der Waals surface area contributed by atoms with E-state index in [1.54, 1.807) is 11.8 Å². The zero-order valence-corrected chi connectivity index (χ0v) is 19.7. The van der Waals surface area contributed by atoms with Crippen LogP contribution in [0.4, 0.5) is 0 Å². The van der Waals surface area contributed by atoms with Gasteiger partial charge in [0.15, 0.2) is 0 Å². The van der Waals surface area contributed by atoms with Crippen LogP contribution in [-0.4, -0.2) is 84.2 Å². The summed E-state index contributed by atoms with van der Waals surface area (Å²) in [5.41, 5.74) is 0.0720. The van der Waals surface area contributed by atoms with Gasteiger partial charge in [-0.25, -0.2) is 0 Å². The predicted molar refractivity (Wildman–Crippen MR) is 123 cm³/mol. The Hall–Kier alpha value is -0.130. The molecule has 0 bridgehead atoms. The number of halogens is 1. The summed E-state index contributed by atoms with van der Waals surface area (Å²) in [5.74, 6) is 0.562. The van der Waals surface area contributed by atoms with Crippen molar-refractivity contribution in [3.8, 4) is 0 Å². The number of nitrogens with zero attached hydrogens (tertiary/aromatic N) is 1. The minimum Gasteiger partial charge on any atom is -0.351 e. The SMILES string of the molecule is CC1NC(NC2NCC(C(=O)NC3C(C)CCCC3Cl)S2)CC(N2CCNCC2)N1. The van der Waals surface area contributed by atoms with E-state index in [-0.39, 0.29) is 40.4 Å². The first-order valence-electron chi connectivity index (χ1n) is 11.6. The van der Waals surface area contributed by atoms with Crippen molar-refractivity contribution < 1.29 is 4.79 Å². The van der Waals surface area contributed by atoms with Crippen molar-refractivity contribution in [2.45, 2.75) is 80.2 Å². The lowest BCUT2D eigenvalue weighted by atomic mass is 9.85. The maximum Gasteiger partial charge on any atom is 0.234 e. The molecule has 1 amide bonds. The number of hydrogen-bond acceptors (Lipinski definition) is 8. The van der Waals surface area contributed by atoms with Gasteiger partial charge in [0.1, 0.15) is 5.50 Å². The van der Waals surface area contributed by atoms with Gasteiger partial charge >= 0.3 is 0 Å². The summed E-state index contributed by atoms with van der Waals surface area (Å²) >= 11 is 8.19. The van der Waals surface area contributed by atoms with Gasteiger partial charge in [-0.2, -0.15) is 0 Å². The van der Waals surface area contributed by atoms with Gasteiger partial charge in [-0.3, -0.25) is 31.0 Å². The Bertz CT molecular complexity index is 571. The largest absolute Gasteiger partial charge is 0.351 e. The zero-order chi connectivity index (χ0) is 21.1. The van der Waals surface area contributed by atoms with Crippen LogP contribution in [0.1, 0.15) is 39.5 Å². The predicted octanol–water partition coefficient (Wildman–Crippen LogP) is -0.0369. The lowest BCUT2D eigenvalue weighted by Crippen LogP contribution is -2.68. The molecule has 0 aromatic carbocycles. The fourth-order valence-corrected chi connectivity index (χ4v) is 6.73. The van der Waals surface area contributed by atoms with E-state index in [4.69, 9.17) is 11.6 Å². The van der Waals surface area contributed by atoms with Crippen LogP contribution in [0.25, 0.3) is 0 Å². The number of thioether (sulfide) groups is 1. The van der Waals surface area contributed by atoms with Crippen LogP contribution in [0, 0.1) is 5.92 Å². The topological polar surface area (TPSA) is 92.5 Å². The van der Waals surface area contributed by atoms with Crippen LogP contribution in [0.2, 0.25) is 0 Å². The minimum atomic E-state index is -0.0800. The Kier molecular flexibility index (Phi) is 8.19. The lowest BCUT2D eigenvalue weighted by molar-refractivity contribution is -0.121. The third kappa shape index (κ3) is 5.81. The summed E-state index contributed by atoms with van der Waals surface area (Å²) < 4.78 is 0. The quantitative estimate of drug-likeness (QED) is 0.319. The second kappa shape index (κ2) is 10.7. The second-order valence-corrected chi connectivity index (χ2v) is 11.1. The standard InChI is InChI=1S/C20H38ClN7OS/c1-12-4-3-5-14(21)18(12)27-19(29)15-11-23-20(30-15)26-16-10-17(25-13(2)24-16)28-8-6-22-7-9-28/h12-18,20,22-26H,3-11H2,1-2H3,(H,27,29). The first-order valence-corrected chi connectivity index (χ1v) is 12.9. The van der Waals surface area contributed by atoms with Crippen molar-refractivity contribution in [3.63, 3.8) is 0 Å². The normalized spacial score (nSPS) is 43.4. The number of hydrogen-bond donors (Lipinski definition) is 6. The Morgan fingerprint density at radius 2 is 1.97 bits per heavy atom. The highest BCUT2D eigenvalue weighted by atomic mass is 35.5. The minimum absolute atomic E-state index is 0.0494. The summed E-state index contributed by atoms with van der Waals surface area (Å²) in [6.45, 7) is 9.32. The number of carbonyl (C=O) groups is 1. The molecular formula is C20H38ClN7OS. The fraction of sp³-hybridized carbons (Fsp3) is 0.950. The van der Waals surface area contributed by atoms with Crippen LogP contribution in [0.3, 0.4) is 0 Å². The maximum atomic E-state index is 12.9. The van der Waals surface area contributed by atoms with Crippen LogP contribution in [0.5, 0.6) is 0 Å². The first-order chi connectivity index (χ1) is 14.5. The Morgan fingerprint density at radius 3 is 2.73 bits per heavy atom. The van der Waals surface area contributed by atoms with Gasteiger partial charge < -0.3 is 10.6 Å². The average molecular weight is 460 g/mol. The number of alkyl halides is 1. The molecule has 8 nitrogen and oxygen atoms in total. The molecule has 3 heterocycles. The molecule has 6 N–H and O–H groups in total. The van der Waals surface area contributed by atoms with Crippen molar-refractivity contribution in [1.82, 2.24) is 36.8 Å². The molecule has 10 heteroatoms. The smallest absolute Gasteiger partial charge is 0.234 e. The molecule has 0 aromatic heterocycles. The van der Waals surface area contributed by atoms with Crippen LogP contribution >= 0.6 is 23.4 Å². The van der Waals surface area contributed by atoms with E-state index in [0.717, 1.165) is 51.9 Å². The molecule has 0 spiro atoms. The maximum absolute atomic E-state index is 12.9. The molecule has 1 saturated carbocycles. The fourth-order valence-electron chi connectivity index (χ4n) is 5.11. The summed E-state index contributed by atoms with van der Waals surface area (Å²) in [7, 11) is 0. The van der Waals surface area contributed by atoms with Crippen molar-refractivity contribution >= 4 is 29.3 Å². The molecule has 3 saturated heterocycles. The Balaban J connectivity index is 1.25. The third-order valence-corrected chi connectivity index (χ3v) is 8.60. The van der Waals surface area contributed by atoms with E-state index < -0.39 is 0 Å². The number of carbonyl (C=O) groups excluding carboxylic acids is 1. The van der Waals surface area contributed by atoms with Crippen LogP contribution < -0.4 is 31.9 Å². The van der Waals surface area contributed by atoms with Crippen molar-refractivity contribution in [1.29, 1.82) is 0 Å². The van der Waals surface area contributed by atoms with Gasteiger partial charge in [0.25, 0.3) is 0 Å². The van der Waals surface area contributed by atoms with Gasteiger partial charge in [0, 0.05) is 45.2 Å². The van der Waals surface area contributed by atoms with E-state index >= 15 is 0 Å². The van der Waals surface area contributed by atoms with Gasteiger partial charge in [-0.15, -0.1) is 23.4 Å². The molecule has 0 aromatic rings. The summed E-state index contributed by atoms with van der Waals surface area (Å²) in [6.07, 6.45) is 5.11. The highest BCUT2D eigenvalue weighted by Crippen LogP contribution is 2.29. The van der Waals surface area contributed by atoms with Crippen LogP contribution in [0.15, 0.2) is 0 Å². The monoisotopic (exact) mass is 459 g/mol. The number of piperazine rings is 1. The van der Waals surface area contributed by atoms with E-state index in [2.05, 4.69) is 50.6 Å². The molecule has 172 valence electrons. The highest BCUT2D eigenvalue weighted by Gasteiger charge is 2.37. The molecule has 0 radical (unpaired) electrons. The molecule has 8 unspecified atom stereocenters. The highest BCUT2D eigenvalue weighted by molar-refractivity contribution is 8.01. The lowest BCUT2D eigenvalue weighted by Gasteiger charge is -2.44. The number of nitrogens with one attached hydrogen (secondary N) is 6. The van der Waals surface area contributed by atoms with Gasteiger partial charge in [-0.05, 0) is 25.7 Å². The third-order valence-electron chi connectivity index (χ3n) is 6.83. The molecule has 1 aliphatic carbocycles. The second-order valence-electron chi connectivity index (χ2n) is 9.18. The summed E-state index contributed by atoms with van der Waals surface area (Å²) in [5, 5.41) is 21.1. The molecule has 4 aliphatic rings. The molecule has 4 fully saturated rings. The van der Waals surface area contributed by atoms with Crippen molar-refractivity contribution in [2.75, 3.05) is 32.7 Å². The first kappa shape index (κ1) is 23.0. The van der Waals surface area contributed by atoms with Crippen molar-refractivity contribution in [2.24, 2.45) is 5.92 Å². The van der Waals surface area contributed by atoms with E-state index in [9.17, 15) is 4.79 Å². The molecule has 30 heavy (non-hydrogen) atoms. The molecule has 3 aliphatic heterocycles. The summed E-state index contributed by atoms with van der Waals surface area (Å²) in [6, 6.07) is 0.0900. The zero-order valence-electron chi connectivity index (χ0n) is 18.1. The number of amides is 1. The average Bonchev–Trinajstić information content (AvgIpc) is 3.19. The van der Waals surface area contributed by atoms with Gasteiger partial charge in [-0.1, -0.05) is 13.3 Å². The Morgan fingerprint density at radius 1 is 1.17 bits per heavy atom. The molecule has 4 rings (SSSR count). The van der Waals surface area contributed by atoms with E-state index in [1.165, 1.54) is 0 Å². The van der Waals surface area contributed by atoms with E-state index in [0.29, 0.717) is 18.6 Å². The van der Waals surface area contributed by atoms with Crippen LogP contribution in [-0.2, 0) is 4.79 Å². The molecule has 8 atom stereocenters.